The van der Waals surface area contributed by atoms with Crippen molar-refractivity contribution in [2.24, 2.45) is 0 Å². The van der Waals surface area contributed by atoms with Crippen LogP contribution in [0.5, 0.6) is 5.75 Å². The molecule has 0 bridgehead atoms. The second-order valence-corrected chi connectivity index (χ2v) is 5.24. The van der Waals surface area contributed by atoms with Gasteiger partial charge < -0.3 is 14.8 Å². The second-order valence-electron chi connectivity index (χ2n) is 4.83. The van der Waals surface area contributed by atoms with Crippen LogP contribution in [0.1, 0.15) is 15.9 Å². The largest absolute Gasteiger partial charge is 0.484 e. The molecule has 2 rings (SSSR count). The highest BCUT2D eigenvalue weighted by atomic mass is 35.5. The minimum absolute atomic E-state index is 0.0707. The average molecular weight is 352 g/mol. The average Bonchev–Trinajstić information content (AvgIpc) is 2.60. The molecule has 0 fully saturated rings. The first-order valence-corrected chi connectivity index (χ1v) is 7.39. The van der Waals surface area contributed by atoms with Crippen molar-refractivity contribution in [3.63, 3.8) is 0 Å². The van der Waals surface area contributed by atoms with Gasteiger partial charge in [-0.1, -0.05) is 23.7 Å². The molecule has 0 aromatic heterocycles. The molecule has 0 unspecified atom stereocenters. The van der Waals surface area contributed by atoms with Crippen molar-refractivity contribution in [3.8, 4) is 5.75 Å². The normalized spacial score (nSPS) is 10.1. The third kappa shape index (κ3) is 4.96. The van der Waals surface area contributed by atoms with Gasteiger partial charge >= 0.3 is 5.97 Å². The van der Waals surface area contributed by atoms with E-state index in [1.807, 2.05) is 0 Å². The van der Waals surface area contributed by atoms with E-state index in [0.717, 1.165) is 5.56 Å². The highest BCUT2D eigenvalue weighted by Crippen LogP contribution is 2.20. The van der Waals surface area contributed by atoms with Gasteiger partial charge in [0.15, 0.2) is 6.61 Å². The van der Waals surface area contributed by atoms with Gasteiger partial charge in [-0.25, -0.2) is 9.18 Å². The predicted molar refractivity (Wildman–Crippen MR) is 86.5 cm³/mol. The van der Waals surface area contributed by atoms with E-state index in [4.69, 9.17) is 16.3 Å². The monoisotopic (exact) mass is 351 g/mol. The zero-order valence-electron chi connectivity index (χ0n) is 12.8. The molecule has 7 heteroatoms. The highest BCUT2D eigenvalue weighted by molar-refractivity contribution is 6.30. The highest BCUT2D eigenvalue weighted by Gasteiger charge is 2.07. The number of hydrogen-bond donors (Lipinski definition) is 1. The Kier molecular flexibility index (Phi) is 6.14. The molecular formula is C17H15ClFNO4. The first kappa shape index (κ1) is 17.7. The first-order chi connectivity index (χ1) is 11.5. The summed E-state index contributed by atoms with van der Waals surface area (Å²) in [5.74, 6) is -1.01. The summed E-state index contributed by atoms with van der Waals surface area (Å²) in [6.07, 6.45) is 0. The fourth-order valence-corrected chi connectivity index (χ4v) is 2.01. The van der Waals surface area contributed by atoms with Crippen LogP contribution in [0.2, 0.25) is 5.02 Å². The molecule has 0 saturated carbocycles. The van der Waals surface area contributed by atoms with Gasteiger partial charge in [-0.05, 0) is 29.8 Å². The molecule has 0 saturated heterocycles. The van der Waals surface area contributed by atoms with Crippen LogP contribution in [0, 0.1) is 5.82 Å². The summed E-state index contributed by atoms with van der Waals surface area (Å²) in [4.78, 5) is 23.1. The Balaban J connectivity index is 1.80. The number of halogens is 2. The molecule has 2 aromatic carbocycles. The lowest BCUT2D eigenvalue weighted by Gasteiger charge is -2.08. The van der Waals surface area contributed by atoms with Gasteiger partial charge in [0.25, 0.3) is 5.91 Å². The summed E-state index contributed by atoms with van der Waals surface area (Å²) in [7, 11) is 1.31. The number of benzene rings is 2. The molecule has 0 radical (unpaired) electrons. The van der Waals surface area contributed by atoms with E-state index < -0.39 is 11.8 Å². The maximum atomic E-state index is 13.0. The number of amides is 1. The van der Waals surface area contributed by atoms with Crippen molar-refractivity contribution < 1.29 is 23.5 Å². The zero-order chi connectivity index (χ0) is 17.5. The van der Waals surface area contributed by atoms with Crippen LogP contribution in [0.3, 0.4) is 0 Å². The molecule has 126 valence electrons. The molecule has 0 aliphatic heterocycles. The van der Waals surface area contributed by atoms with Gasteiger partial charge in [0, 0.05) is 12.6 Å². The summed E-state index contributed by atoms with van der Waals surface area (Å²) in [5.41, 5.74) is 1.25. The molecule has 0 spiro atoms. The molecule has 0 atom stereocenters. The summed E-state index contributed by atoms with van der Waals surface area (Å²) < 4.78 is 22.9. The SMILES string of the molecule is COC(=O)c1ccc(CNC(=O)COc2ccc(F)c(Cl)c2)cc1. The van der Waals surface area contributed by atoms with Crippen LogP contribution in [-0.2, 0) is 16.1 Å². The topological polar surface area (TPSA) is 64.6 Å². The minimum atomic E-state index is -0.552. The maximum Gasteiger partial charge on any atom is 0.337 e. The van der Waals surface area contributed by atoms with Crippen molar-refractivity contribution >= 4 is 23.5 Å². The van der Waals surface area contributed by atoms with Gasteiger partial charge in [-0.3, -0.25) is 4.79 Å². The van der Waals surface area contributed by atoms with Crippen LogP contribution in [-0.4, -0.2) is 25.6 Å². The van der Waals surface area contributed by atoms with E-state index in [2.05, 4.69) is 10.1 Å². The summed E-state index contributed by atoms with van der Waals surface area (Å²) >= 11 is 5.63. The van der Waals surface area contributed by atoms with Gasteiger partial charge in [0.05, 0.1) is 17.7 Å². The molecule has 24 heavy (non-hydrogen) atoms. The summed E-state index contributed by atoms with van der Waals surface area (Å²) in [6, 6.07) is 10.5. The number of carbonyl (C=O) groups is 2. The Bertz CT molecular complexity index is 734. The second kappa shape index (κ2) is 8.31. The smallest absolute Gasteiger partial charge is 0.337 e. The van der Waals surface area contributed by atoms with Crippen LogP contribution in [0.4, 0.5) is 4.39 Å². The number of esters is 1. The summed E-state index contributed by atoms with van der Waals surface area (Å²) in [5, 5.41) is 2.60. The molecule has 1 amide bonds. The maximum absolute atomic E-state index is 13.0. The Labute approximate surface area is 143 Å². The molecular weight excluding hydrogens is 337 g/mol. The number of methoxy groups -OCH3 is 1. The molecule has 0 heterocycles. The number of hydrogen-bond acceptors (Lipinski definition) is 4. The quantitative estimate of drug-likeness (QED) is 0.813. The van der Waals surface area contributed by atoms with Crippen LogP contribution < -0.4 is 10.1 Å². The lowest BCUT2D eigenvalue weighted by molar-refractivity contribution is -0.123. The Morgan fingerprint density at radius 3 is 2.50 bits per heavy atom. The van der Waals surface area contributed by atoms with Gasteiger partial charge in [0.2, 0.25) is 0 Å². The van der Waals surface area contributed by atoms with Gasteiger partial charge in [0.1, 0.15) is 11.6 Å². The Morgan fingerprint density at radius 1 is 1.17 bits per heavy atom. The number of rotatable bonds is 6. The Hall–Kier alpha value is -2.60. The van der Waals surface area contributed by atoms with Crippen molar-refractivity contribution in [2.45, 2.75) is 6.54 Å². The Morgan fingerprint density at radius 2 is 1.88 bits per heavy atom. The van der Waals surface area contributed by atoms with Crippen molar-refractivity contribution in [2.75, 3.05) is 13.7 Å². The van der Waals surface area contributed by atoms with Crippen LogP contribution in [0.25, 0.3) is 0 Å². The third-order valence-electron chi connectivity index (χ3n) is 3.13. The lowest BCUT2D eigenvalue weighted by Crippen LogP contribution is -2.28. The minimum Gasteiger partial charge on any atom is -0.484 e. The van der Waals surface area contributed by atoms with E-state index in [1.165, 1.54) is 25.3 Å². The van der Waals surface area contributed by atoms with Crippen LogP contribution >= 0.6 is 11.6 Å². The van der Waals surface area contributed by atoms with Crippen molar-refractivity contribution in [1.29, 1.82) is 0 Å². The van der Waals surface area contributed by atoms with E-state index in [-0.39, 0.29) is 24.1 Å². The van der Waals surface area contributed by atoms with Crippen molar-refractivity contribution in [1.82, 2.24) is 5.32 Å². The number of carbonyl (C=O) groups excluding carboxylic acids is 2. The molecule has 0 aliphatic carbocycles. The fourth-order valence-electron chi connectivity index (χ4n) is 1.84. The van der Waals surface area contributed by atoms with Crippen LogP contribution in [0.15, 0.2) is 42.5 Å². The van der Waals surface area contributed by atoms with E-state index in [0.29, 0.717) is 11.3 Å². The van der Waals surface area contributed by atoms with Gasteiger partial charge in [-0.15, -0.1) is 0 Å². The van der Waals surface area contributed by atoms with E-state index in [9.17, 15) is 14.0 Å². The van der Waals surface area contributed by atoms with E-state index >= 15 is 0 Å². The zero-order valence-corrected chi connectivity index (χ0v) is 13.6. The number of nitrogens with one attached hydrogen (secondary N) is 1. The fraction of sp³-hybridized carbons (Fsp3) is 0.176. The predicted octanol–water partition coefficient (Wildman–Crippen LogP) is 2.96. The van der Waals surface area contributed by atoms with E-state index in [1.54, 1.807) is 24.3 Å². The molecule has 5 nitrogen and oxygen atoms in total. The number of ether oxygens (including phenoxy) is 2. The molecule has 1 N–H and O–H groups in total. The molecule has 2 aromatic rings. The standard InChI is InChI=1S/C17H15ClFNO4/c1-23-17(22)12-4-2-11(3-5-12)9-20-16(21)10-24-13-6-7-15(19)14(18)8-13/h2-8H,9-10H2,1H3,(H,20,21). The first-order valence-electron chi connectivity index (χ1n) is 7.01. The molecule has 0 aliphatic rings. The third-order valence-corrected chi connectivity index (χ3v) is 3.42. The van der Waals surface area contributed by atoms with Gasteiger partial charge in [-0.2, -0.15) is 0 Å². The van der Waals surface area contributed by atoms with Crippen molar-refractivity contribution in [3.05, 3.63) is 64.4 Å². The lowest BCUT2D eigenvalue weighted by atomic mass is 10.1. The summed E-state index contributed by atoms with van der Waals surface area (Å²) in [6.45, 7) is 0.0655.